The van der Waals surface area contributed by atoms with E-state index in [0.29, 0.717) is 33.3 Å². The van der Waals surface area contributed by atoms with Crippen molar-refractivity contribution in [3.63, 3.8) is 0 Å². The fourth-order valence-electron chi connectivity index (χ4n) is 4.14. The highest BCUT2D eigenvalue weighted by molar-refractivity contribution is 5.99. The summed E-state index contributed by atoms with van der Waals surface area (Å²) >= 11 is 0. The highest BCUT2D eigenvalue weighted by Gasteiger charge is 2.27. The van der Waals surface area contributed by atoms with Gasteiger partial charge in [0.15, 0.2) is 0 Å². The van der Waals surface area contributed by atoms with Crippen molar-refractivity contribution in [2.45, 2.75) is 12.5 Å². The first kappa shape index (κ1) is 25.5. The number of nitrogens with one attached hydrogen (secondary N) is 1. The molecule has 2 heterocycles. The second kappa shape index (κ2) is 10.6. The minimum Gasteiger partial charge on any atom is -0.496 e. The lowest BCUT2D eigenvalue weighted by Crippen LogP contribution is -2.43. The van der Waals surface area contributed by atoms with Gasteiger partial charge in [0.25, 0.3) is 11.5 Å². The monoisotopic (exact) mass is 507 g/mol. The number of halogens is 2. The normalized spacial score (nSPS) is 11.7. The van der Waals surface area contributed by atoms with E-state index in [9.17, 15) is 23.2 Å². The molecule has 0 aliphatic rings. The van der Waals surface area contributed by atoms with Crippen LogP contribution in [0.5, 0.6) is 5.75 Å². The summed E-state index contributed by atoms with van der Waals surface area (Å²) < 4.78 is 39.9. The molecule has 0 aliphatic heterocycles. The average Bonchev–Trinajstić information content (AvgIpc) is 2.89. The van der Waals surface area contributed by atoms with Crippen LogP contribution in [-0.2, 0) is 23.0 Å². The lowest BCUT2D eigenvalue weighted by Gasteiger charge is -2.19. The van der Waals surface area contributed by atoms with Gasteiger partial charge in [-0.25, -0.2) is 13.6 Å². The van der Waals surface area contributed by atoms with Crippen LogP contribution in [0.3, 0.4) is 0 Å². The number of pyridine rings is 2. The van der Waals surface area contributed by atoms with E-state index in [0.717, 1.165) is 25.3 Å². The first-order valence-electron chi connectivity index (χ1n) is 11.2. The van der Waals surface area contributed by atoms with Gasteiger partial charge in [0.2, 0.25) is 0 Å². The van der Waals surface area contributed by atoms with Crippen molar-refractivity contribution in [1.29, 1.82) is 0 Å². The van der Waals surface area contributed by atoms with Crippen molar-refractivity contribution in [2.75, 3.05) is 14.2 Å². The maximum atomic E-state index is 14.1. The molecule has 1 amide bonds. The van der Waals surface area contributed by atoms with Crippen LogP contribution in [0, 0.1) is 11.6 Å². The molecular formula is C27H23F2N3O5. The van der Waals surface area contributed by atoms with Crippen molar-refractivity contribution in [1.82, 2.24) is 14.9 Å². The number of carbonyl (C=O) groups is 2. The van der Waals surface area contributed by atoms with Crippen LogP contribution in [0.2, 0.25) is 0 Å². The largest absolute Gasteiger partial charge is 0.496 e. The van der Waals surface area contributed by atoms with Gasteiger partial charge in [-0.05, 0) is 29.8 Å². The number of amides is 1. The van der Waals surface area contributed by atoms with Crippen molar-refractivity contribution >= 4 is 22.8 Å². The van der Waals surface area contributed by atoms with Gasteiger partial charge in [-0.1, -0.05) is 24.3 Å². The van der Waals surface area contributed by atoms with E-state index < -0.39 is 35.1 Å². The summed E-state index contributed by atoms with van der Waals surface area (Å²) in [5.41, 5.74) is 0.802. The van der Waals surface area contributed by atoms with E-state index >= 15 is 0 Å². The molecule has 4 rings (SSSR count). The first-order valence-corrected chi connectivity index (χ1v) is 11.2. The summed E-state index contributed by atoms with van der Waals surface area (Å²) in [6.45, 7) is 0. The van der Waals surface area contributed by atoms with Crippen LogP contribution < -0.4 is 15.6 Å². The number of hydrogen-bond acceptors (Lipinski definition) is 6. The maximum Gasteiger partial charge on any atom is 0.328 e. The van der Waals surface area contributed by atoms with Gasteiger partial charge in [0, 0.05) is 36.8 Å². The lowest BCUT2D eigenvalue weighted by molar-refractivity contribution is -0.142. The van der Waals surface area contributed by atoms with E-state index in [4.69, 9.17) is 9.47 Å². The zero-order valence-corrected chi connectivity index (χ0v) is 20.2. The fourth-order valence-corrected chi connectivity index (χ4v) is 4.14. The number of benzene rings is 2. The molecule has 0 radical (unpaired) electrons. The molecule has 0 saturated heterocycles. The minimum absolute atomic E-state index is 0.0686. The van der Waals surface area contributed by atoms with Gasteiger partial charge < -0.3 is 19.4 Å². The number of rotatable bonds is 7. The summed E-state index contributed by atoms with van der Waals surface area (Å²) in [6.07, 6.45) is 3.09. The molecule has 0 spiro atoms. The number of ether oxygens (including phenoxy) is 2. The van der Waals surface area contributed by atoms with Crippen molar-refractivity contribution in [3.05, 3.63) is 94.0 Å². The Bertz CT molecular complexity index is 1550. The van der Waals surface area contributed by atoms with Crippen LogP contribution in [-0.4, -0.2) is 41.7 Å². The molecule has 8 nitrogen and oxygen atoms in total. The van der Waals surface area contributed by atoms with Crippen LogP contribution in [0.25, 0.3) is 22.0 Å². The molecule has 0 aliphatic carbocycles. The Balaban J connectivity index is 1.77. The number of methoxy groups -OCH3 is 2. The number of hydrogen-bond donors (Lipinski definition) is 1. The minimum atomic E-state index is -1.26. The molecule has 37 heavy (non-hydrogen) atoms. The summed E-state index contributed by atoms with van der Waals surface area (Å²) in [4.78, 5) is 42.7. The molecule has 0 fully saturated rings. The number of carbonyl (C=O) groups excluding carboxylic acids is 2. The van der Waals surface area contributed by atoms with E-state index in [2.05, 4.69) is 10.3 Å². The summed E-state index contributed by atoms with van der Waals surface area (Å²) in [7, 11) is 4.23. The van der Waals surface area contributed by atoms with Gasteiger partial charge in [0.1, 0.15) is 29.0 Å². The molecule has 1 atom stereocenters. The van der Waals surface area contributed by atoms with Crippen LogP contribution in [0.4, 0.5) is 8.78 Å². The molecule has 0 unspecified atom stereocenters. The van der Waals surface area contributed by atoms with E-state index in [1.807, 2.05) is 0 Å². The molecule has 0 saturated carbocycles. The predicted molar refractivity (Wildman–Crippen MR) is 132 cm³/mol. The van der Waals surface area contributed by atoms with Crippen molar-refractivity contribution in [2.24, 2.45) is 7.05 Å². The molecule has 0 bridgehead atoms. The highest BCUT2D eigenvalue weighted by atomic mass is 19.1. The van der Waals surface area contributed by atoms with Gasteiger partial charge in [0.05, 0.1) is 25.3 Å². The molecule has 2 aromatic heterocycles. The fraction of sp³-hybridized carbons (Fsp3) is 0.185. The Morgan fingerprint density at radius 2 is 1.78 bits per heavy atom. The average molecular weight is 507 g/mol. The second-order valence-electron chi connectivity index (χ2n) is 8.20. The number of nitrogens with zero attached hydrogens (tertiary/aromatic N) is 2. The lowest BCUT2D eigenvalue weighted by atomic mass is 9.95. The van der Waals surface area contributed by atoms with Crippen molar-refractivity contribution < 1.29 is 27.8 Å². The second-order valence-corrected chi connectivity index (χ2v) is 8.20. The topological polar surface area (TPSA) is 99.5 Å². The molecular weight excluding hydrogens is 484 g/mol. The SMILES string of the molecule is COC(=O)[C@H](Cc1ccc(-c2c(OC)ccn(C)c2=O)c2ncccc12)NC(=O)c1c(F)cccc1F. The Kier molecular flexibility index (Phi) is 7.28. The predicted octanol–water partition coefficient (Wildman–Crippen LogP) is 3.40. The Labute approximate surface area is 210 Å². The van der Waals surface area contributed by atoms with Crippen LogP contribution in [0.15, 0.2) is 65.7 Å². The van der Waals surface area contributed by atoms with Crippen LogP contribution >= 0.6 is 0 Å². The van der Waals surface area contributed by atoms with Crippen LogP contribution in [0.1, 0.15) is 15.9 Å². The third kappa shape index (κ3) is 4.90. The Hall–Kier alpha value is -4.60. The van der Waals surface area contributed by atoms with E-state index in [1.165, 1.54) is 11.7 Å². The first-order chi connectivity index (χ1) is 17.8. The third-order valence-electron chi connectivity index (χ3n) is 5.98. The maximum absolute atomic E-state index is 14.1. The standard InChI is InChI=1S/C27H23F2N3O5/c1-32-13-11-21(36-2)22(26(32)34)17-10-9-15(16-6-5-12-30-24(16)17)14-20(27(35)37-3)31-25(33)23-18(28)7-4-8-19(23)29/h4-13,20H,14H2,1-3H3,(H,31,33)/t20-/m0/s1. The van der Waals surface area contributed by atoms with Gasteiger partial charge in [-0.15, -0.1) is 0 Å². The van der Waals surface area contributed by atoms with Gasteiger partial charge in [-0.2, -0.15) is 0 Å². The highest BCUT2D eigenvalue weighted by Crippen LogP contribution is 2.33. The van der Waals surface area contributed by atoms with E-state index in [1.54, 1.807) is 49.8 Å². The zero-order valence-electron chi connectivity index (χ0n) is 20.2. The zero-order chi connectivity index (χ0) is 26.7. The summed E-state index contributed by atoms with van der Waals surface area (Å²) in [5, 5.41) is 2.98. The number of aromatic nitrogens is 2. The molecule has 10 heteroatoms. The quantitative estimate of drug-likeness (QED) is 0.385. The van der Waals surface area contributed by atoms with E-state index in [-0.39, 0.29) is 12.0 Å². The number of esters is 1. The van der Waals surface area contributed by atoms with Crippen molar-refractivity contribution in [3.8, 4) is 16.9 Å². The molecule has 190 valence electrons. The summed E-state index contributed by atoms with van der Waals surface area (Å²) in [5.74, 6) is -3.64. The number of fused-ring (bicyclic) bond motifs is 1. The Morgan fingerprint density at radius 1 is 1.05 bits per heavy atom. The van der Waals surface area contributed by atoms with Gasteiger partial charge >= 0.3 is 5.97 Å². The Morgan fingerprint density at radius 3 is 2.46 bits per heavy atom. The molecule has 1 N–H and O–H groups in total. The number of aryl methyl sites for hydroxylation is 1. The summed E-state index contributed by atoms with van der Waals surface area (Å²) in [6, 6.07) is 10.3. The smallest absolute Gasteiger partial charge is 0.328 e. The molecule has 2 aromatic carbocycles. The third-order valence-corrected chi connectivity index (χ3v) is 5.98. The van der Waals surface area contributed by atoms with Gasteiger partial charge in [-0.3, -0.25) is 14.6 Å². The molecule has 4 aromatic rings.